The Bertz CT molecular complexity index is 669. The van der Waals surface area contributed by atoms with Gasteiger partial charge in [0.25, 0.3) is 0 Å². The number of nitrogens with one attached hydrogen (secondary N) is 2. The van der Waals surface area contributed by atoms with Crippen LogP contribution in [0.4, 0.5) is 10.6 Å². The number of anilines is 1. The standard InChI is InChI=1S/C14H23N7O2/c1-14(2,3)23-13(22)17-12-10(7-16-21(12)5)6-15-8-11-9-20(4)19-18-11/h7,9,15H,6,8H2,1-5H3,(H,17,22). The van der Waals surface area contributed by atoms with Gasteiger partial charge in [-0.1, -0.05) is 5.21 Å². The molecule has 2 aromatic heterocycles. The van der Waals surface area contributed by atoms with Gasteiger partial charge in [-0.05, 0) is 20.8 Å². The lowest BCUT2D eigenvalue weighted by molar-refractivity contribution is 0.0634. The summed E-state index contributed by atoms with van der Waals surface area (Å²) in [6, 6.07) is 0. The summed E-state index contributed by atoms with van der Waals surface area (Å²) in [5.41, 5.74) is 1.16. The minimum atomic E-state index is -0.549. The van der Waals surface area contributed by atoms with Gasteiger partial charge in [0.05, 0.1) is 11.9 Å². The quantitative estimate of drug-likeness (QED) is 0.858. The van der Waals surface area contributed by atoms with Crippen molar-refractivity contribution in [2.75, 3.05) is 5.32 Å². The molecule has 0 spiro atoms. The summed E-state index contributed by atoms with van der Waals surface area (Å²) in [4.78, 5) is 11.9. The van der Waals surface area contributed by atoms with Gasteiger partial charge in [-0.2, -0.15) is 5.10 Å². The zero-order valence-corrected chi connectivity index (χ0v) is 14.1. The molecule has 0 radical (unpaired) electrons. The Hall–Kier alpha value is -2.42. The van der Waals surface area contributed by atoms with Gasteiger partial charge in [-0.3, -0.25) is 14.7 Å². The number of rotatable bonds is 5. The lowest BCUT2D eigenvalue weighted by Crippen LogP contribution is -2.28. The predicted molar refractivity (Wildman–Crippen MR) is 84.6 cm³/mol. The third-order valence-corrected chi connectivity index (χ3v) is 2.91. The average molecular weight is 321 g/mol. The van der Waals surface area contributed by atoms with Crippen molar-refractivity contribution in [2.45, 2.75) is 39.5 Å². The van der Waals surface area contributed by atoms with E-state index < -0.39 is 11.7 Å². The predicted octanol–water partition coefficient (Wildman–Crippen LogP) is 1.19. The van der Waals surface area contributed by atoms with E-state index in [-0.39, 0.29) is 0 Å². The molecule has 0 unspecified atom stereocenters. The first kappa shape index (κ1) is 16.9. The maximum Gasteiger partial charge on any atom is 0.413 e. The van der Waals surface area contributed by atoms with Crippen LogP contribution in [0.25, 0.3) is 0 Å². The highest BCUT2D eigenvalue weighted by Gasteiger charge is 2.19. The molecule has 2 heterocycles. The van der Waals surface area contributed by atoms with Gasteiger partial charge in [0.1, 0.15) is 11.4 Å². The summed E-state index contributed by atoms with van der Waals surface area (Å²) in [5.74, 6) is 0.603. The minimum absolute atomic E-state index is 0.503. The molecule has 23 heavy (non-hydrogen) atoms. The summed E-state index contributed by atoms with van der Waals surface area (Å²) in [6.45, 7) is 6.57. The van der Waals surface area contributed by atoms with Gasteiger partial charge in [0, 0.05) is 38.9 Å². The molecular weight excluding hydrogens is 298 g/mol. The number of amides is 1. The first-order chi connectivity index (χ1) is 10.7. The molecule has 9 nitrogen and oxygen atoms in total. The lowest BCUT2D eigenvalue weighted by atomic mass is 10.2. The second kappa shape index (κ2) is 6.78. The largest absolute Gasteiger partial charge is 0.444 e. The topological polar surface area (TPSA) is 98.9 Å². The second-order valence-corrected chi connectivity index (χ2v) is 6.26. The Morgan fingerprint density at radius 1 is 1.30 bits per heavy atom. The van der Waals surface area contributed by atoms with Crippen molar-refractivity contribution in [2.24, 2.45) is 14.1 Å². The van der Waals surface area contributed by atoms with Crippen LogP contribution in [-0.2, 0) is 31.9 Å². The lowest BCUT2D eigenvalue weighted by Gasteiger charge is -2.20. The highest BCUT2D eigenvalue weighted by atomic mass is 16.6. The third kappa shape index (κ3) is 5.06. The van der Waals surface area contributed by atoms with Crippen molar-refractivity contribution in [3.05, 3.63) is 23.7 Å². The van der Waals surface area contributed by atoms with Crippen LogP contribution >= 0.6 is 0 Å². The molecule has 9 heteroatoms. The van der Waals surface area contributed by atoms with E-state index >= 15 is 0 Å². The van der Waals surface area contributed by atoms with E-state index in [0.717, 1.165) is 11.3 Å². The van der Waals surface area contributed by atoms with Crippen LogP contribution < -0.4 is 10.6 Å². The van der Waals surface area contributed by atoms with Crippen molar-refractivity contribution in [1.82, 2.24) is 30.1 Å². The van der Waals surface area contributed by atoms with Crippen LogP contribution in [0.15, 0.2) is 12.4 Å². The van der Waals surface area contributed by atoms with Crippen molar-refractivity contribution < 1.29 is 9.53 Å². The van der Waals surface area contributed by atoms with E-state index in [2.05, 4.69) is 26.0 Å². The Labute approximate surface area is 135 Å². The fourth-order valence-electron chi connectivity index (χ4n) is 1.98. The maximum absolute atomic E-state index is 11.9. The molecule has 2 aromatic rings. The number of hydrogen-bond acceptors (Lipinski definition) is 6. The van der Waals surface area contributed by atoms with Crippen LogP contribution in [0, 0.1) is 0 Å². The fourth-order valence-corrected chi connectivity index (χ4v) is 1.98. The molecule has 0 bridgehead atoms. The molecule has 1 amide bonds. The first-order valence-electron chi connectivity index (χ1n) is 7.31. The molecule has 0 fully saturated rings. The minimum Gasteiger partial charge on any atom is -0.444 e. The third-order valence-electron chi connectivity index (χ3n) is 2.91. The Kier molecular flexibility index (Phi) is 4.99. The molecule has 2 N–H and O–H groups in total. The van der Waals surface area contributed by atoms with Crippen molar-refractivity contribution in [3.8, 4) is 0 Å². The van der Waals surface area contributed by atoms with Gasteiger partial charge in [-0.25, -0.2) is 4.79 Å². The van der Waals surface area contributed by atoms with Gasteiger partial charge >= 0.3 is 6.09 Å². The monoisotopic (exact) mass is 321 g/mol. The molecule has 0 aliphatic heterocycles. The van der Waals surface area contributed by atoms with E-state index in [1.165, 1.54) is 0 Å². The van der Waals surface area contributed by atoms with E-state index in [1.807, 2.05) is 34.0 Å². The normalized spacial score (nSPS) is 11.5. The summed E-state index contributed by atoms with van der Waals surface area (Å²) in [7, 11) is 3.58. The van der Waals surface area contributed by atoms with Crippen molar-refractivity contribution in [1.29, 1.82) is 0 Å². The van der Waals surface area contributed by atoms with E-state index in [1.54, 1.807) is 22.6 Å². The first-order valence-corrected chi connectivity index (χ1v) is 7.31. The zero-order valence-electron chi connectivity index (χ0n) is 14.1. The summed E-state index contributed by atoms with van der Waals surface area (Å²) in [6.07, 6.45) is 3.04. The van der Waals surface area contributed by atoms with E-state index in [4.69, 9.17) is 4.74 Å². The molecular formula is C14H23N7O2. The second-order valence-electron chi connectivity index (χ2n) is 6.26. The maximum atomic E-state index is 11.9. The molecule has 0 saturated heterocycles. The van der Waals surface area contributed by atoms with E-state index in [9.17, 15) is 4.79 Å². The van der Waals surface area contributed by atoms with Crippen LogP contribution in [0.5, 0.6) is 0 Å². The number of carbonyl (C=O) groups excluding carboxylic acids is 1. The van der Waals surface area contributed by atoms with Crippen molar-refractivity contribution >= 4 is 11.9 Å². The Morgan fingerprint density at radius 2 is 2.04 bits per heavy atom. The number of hydrogen-bond donors (Lipinski definition) is 2. The van der Waals surface area contributed by atoms with Crippen molar-refractivity contribution in [3.63, 3.8) is 0 Å². The number of aryl methyl sites for hydroxylation is 2. The van der Waals surface area contributed by atoms with Crippen LogP contribution in [0.3, 0.4) is 0 Å². The average Bonchev–Trinajstić information content (AvgIpc) is 2.97. The molecule has 0 aromatic carbocycles. The van der Waals surface area contributed by atoms with Crippen LogP contribution in [0.1, 0.15) is 32.0 Å². The Balaban J connectivity index is 1.94. The van der Waals surface area contributed by atoms with Gasteiger partial charge in [-0.15, -0.1) is 5.10 Å². The molecule has 0 atom stereocenters. The summed E-state index contributed by atoms with van der Waals surface area (Å²) in [5, 5.41) is 18.0. The number of carbonyl (C=O) groups is 1. The summed E-state index contributed by atoms with van der Waals surface area (Å²) < 4.78 is 8.51. The van der Waals surface area contributed by atoms with Gasteiger partial charge in [0.2, 0.25) is 0 Å². The van der Waals surface area contributed by atoms with Gasteiger partial charge < -0.3 is 10.1 Å². The highest BCUT2D eigenvalue weighted by molar-refractivity contribution is 5.84. The van der Waals surface area contributed by atoms with E-state index in [0.29, 0.717) is 18.9 Å². The highest BCUT2D eigenvalue weighted by Crippen LogP contribution is 2.16. The molecule has 0 aliphatic rings. The smallest absolute Gasteiger partial charge is 0.413 e. The SMILES string of the molecule is Cn1cc(CNCc2cnn(C)c2NC(=O)OC(C)(C)C)nn1. The molecule has 0 saturated carbocycles. The number of ether oxygens (including phenoxy) is 1. The number of aromatic nitrogens is 5. The summed E-state index contributed by atoms with van der Waals surface area (Å²) >= 11 is 0. The Morgan fingerprint density at radius 3 is 2.65 bits per heavy atom. The molecule has 2 rings (SSSR count). The van der Waals surface area contributed by atoms with Gasteiger partial charge in [0.15, 0.2) is 0 Å². The molecule has 126 valence electrons. The zero-order chi connectivity index (χ0) is 17.0. The number of nitrogens with zero attached hydrogens (tertiary/aromatic N) is 5. The fraction of sp³-hybridized carbons (Fsp3) is 0.571. The van der Waals surface area contributed by atoms with Crippen LogP contribution in [0.2, 0.25) is 0 Å². The van der Waals surface area contributed by atoms with Crippen LogP contribution in [-0.4, -0.2) is 36.5 Å². The molecule has 0 aliphatic carbocycles.